The zero-order valence-corrected chi connectivity index (χ0v) is 18.6. The molecule has 2 aromatic carbocycles. The second-order valence-corrected chi connectivity index (χ2v) is 8.85. The molecule has 0 atom stereocenters. The molecule has 0 saturated heterocycles. The van der Waals surface area contributed by atoms with Crippen molar-refractivity contribution in [1.82, 2.24) is 4.98 Å². The fourth-order valence-corrected chi connectivity index (χ4v) is 4.68. The van der Waals surface area contributed by atoms with Gasteiger partial charge in [0, 0.05) is 14.9 Å². The van der Waals surface area contributed by atoms with Gasteiger partial charge in [0.1, 0.15) is 5.75 Å². The Hall–Kier alpha value is -2.55. The minimum atomic E-state index is -0.251. The summed E-state index contributed by atoms with van der Waals surface area (Å²) in [7, 11) is 0. The van der Waals surface area contributed by atoms with Crippen LogP contribution in [-0.2, 0) is 0 Å². The number of carbonyl (C=O) groups is 1. The van der Waals surface area contributed by atoms with Gasteiger partial charge in [0.05, 0.1) is 23.0 Å². The van der Waals surface area contributed by atoms with E-state index in [2.05, 4.69) is 26.0 Å². The Kier molecular flexibility index (Phi) is 6.03. The first-order chi connectivity index (χ1) is 14.1. The van der Waals surface area contributed by atoms with E-state index in [0.717, 1.165) is 25.3 Å². The SMILES string of the molecule is CCOc1ccc(C(=O)N(/N=C/c2cccs2)c2nc3ccc(Br)cc3s2)cc1. The number of carbonyl (C=O) groups excluding carboxylic acids is 1. The van der Waals surface area contributed by atoms with Crippen LogP contribution < -0.4 is 9.75 Å². The van der Waals surface area contributed by atoms with Gasteiger partial charge in [-0.25, -0.2) is 4.98 Å². The molecular formula is C21H16BrN3O2S2. The molecule has 2 heterocycles. The lowest BCUT2D eigenvalue weighted by Gasteiger charge is -2.14. The maximum absolute atomic E-state index is 13.2. The molecule has 0 unspecified atom stereocenters. The highest BCUT2D eigenvalue weighted by Crippen LogP contribution is 2.32. The summed E-state index contributed by atoms with van der Waals surface area (Å²) in [5, 5.41) is 8.30. The normalized spacial score (nSPS) is 11.2. The van der Waals surface area contributed by atoms with Crippen molar-refractivity contribution in [2.75, 3.05) is 11.6 Å². The number of halogens is 1. The topological polar surface area (TPSA) is 54.8 Å². The lowest BCUT2D eigenvalue weighted by molar-refractivity contribution is 0.0988. The number of anilines is 1. The summed E-state index contributed by atoms with van der Waals surface area (Å²) in [4.78, 5) is 18.8. The van der Waals surface area contributed by atoms with Crippen LogP contribution >= 0.6 is 38.6 Å². The number of hydrogen-bond donors (Lipinski definition) is 0. The molecule has 4 aromatic rings. The number of benzene rings is 2. The van der Waals surface area contributed by atoms with E-state index >= 15 is 0 Å². The predicted octanol–water partition coefficient (Wildman–Crippen LogP) is 6.20. The first-order valence-corrected chi connectivity index (χ1v) is 11.3. The quantitative estimate of drug-likeness (QED) is 0.241. The Bertz CT molecular complexity index is 1150. The van der Waals surface area contributed by atoms with Gasteiger partial charge >= 0.3 is 0 Å². The molecule has 4 rings (SSSR count). The van der Waals surface area contributed by atoms with E-state index in [4.69, 9.17) is 4.74 Å². The monoisotopic (exact) mass is 485 g/mol. The van der Waals surface area contributed by atoms with Crippen molar-refractivity contribution < 1.29 is 9.53 Å². The Labute approximate surface area is 184 Å². The average molecular weight is 486 g/mol. The second kappa shape index (κ2) is 8.86. The molecule has 0 aliphatic carbocycles. The van der Waals surface area contributed by atoms with E-state index in [9.17, 15) is 4.79 Å². The van der Waals surface area contributed by atoms with Gasteiger partial charge in [-0.3, -0.25) is 4.79 Å². The number of amides is 1. The van der Waals surface area contributed by atoms with E-state index in [1.165, 1.54) is 16.3 Å². The number of thiazole rings is 1. The van der Waals surface area contributed by atoms with Crippen molar-refractivity contribution >= 4 is 66.1 Å². The van der Waals surface area contributed by atoms with Crippen molar-refractivity contribution in [3.05, 3.63) is 74.9 Å². The number of ether oxygens (including phenoxy) is 1. The van der Waals surface area contributed by atoms with Crippen LogP contribution in [0.5, 0.6) is 5.75 Å². The molecule has 0 radical (unpaired) electrons. The Morgan fingerprint density at radius 2 is 2.07 bits per heavy atom. The summed E-state index contributed by atoms with van der Waals surface area (Å²) in [6.07, 6.45) is 1.68. The van der Waals surface area contributed by atoms with Gasteiger partial charge in [0.15, 0.2) is 0 Å². The maximum Gasteiger partial charge on any atom is 0.280 e. The number of aromatic nitrogens is 1. The van der Waals surface area contributed by atoms with Gasteiger partial charge in [-0.15, -0.1) is 11.3 Å². The number of hydrazone groups is 1. The number of thiophene rings is 1. The summed E-state index contributed by atoms with van der Waals surface area (Å²) < 4.78 is 7.41. The van der Waals surface area contributed by atoms with Gasteiger partial charge in [0.25, 0.3) is 5.91 Å². The molecule has 5 nitrogen and oxygen atoms in total. The fraction of sp³-hybridized carbons (Fsp3) is 0.0952. The van der Waals surface area contributed by atoms with E-state index < -0.39 is 0 Å². The van der Waals surface area contributed by atoms with Crippen LogP contribution in [0.4, 0.5) is 5.13 Å². The van der Waals surface area contributed by atoms with Gasteiger partial charge in [-0.05, 0) is 60.8 Å². The molecule has 0 bridgehead atoms. The van der Waals surface area contributed by atoms with Crippen molar-refractivity contribution in [1.29, 1.82) is 0 Å². The standard InChI is InChI=1S/C21H16BrN3O2S2/c1-2-27-16-8-5-14(6-9-16)20(26)25(23-13-17-4-3-11-28-17)21-24-18-10-7-15(22)12-19(18)29-21/h3-13H,2H2,1H3/b23-13+. The maximum atomic E-state index is 13.2. The summed E-state index contributed by atoms with van der Waals surface area (Å²) in [6.45, 7) is 2.50. The van der Waals surface area contributed by atoms with Gasteiger partial charge in [0.2, 0.25) is 5.13 Å². The summed E-state index contributed by atoms with van der Waals surface area (Å²) in [5.74, 6) is 0.474. The third-order valence-electron chi connectivity index (χ3n) is 3.97. The molecule has 2 aromatic heterocycles. The largest absolute Gasteiger partial charge is 0.494 e. The van der Waals surface area contributed by atoms with Crippen molar-refractivity contribution in [3.63, 3.8) is 0 Å². The molecule has 29 heavy (non-hydrogen) atoms. The van der Waals surface area contributed by atoms with Crippen LogP contribution in [0.25, 0.3) is 10.2 Å². The Morgan fingerprint density at radius 1 is 1.24 bits per heavy atom. The lowest BCUT2D eigenvalue weighted by Crippen LogP contribution is -2.25. The summed E-state index contributed by atoms with van der Waals surface area (Å²) in [6, 6.07) is 16.8. The van der Waals surface area contributed by atoms with E-state index in [0.29, 0.717) is 17.3 Å². The molecule has 0 aliphatic heterocycles. The first kappa shape index (κ1) is 19.8. The van der Waals surface area contributed by atoms with Crippen molar-refractivity contribution in [2.45, 2.75) is 6.92 Å². The highest BCUT2D eigenvalue weighted by molar-refractivity contribution is 9.10. The van der Waals surface area contributed by atoms with E-state index in [1.807, 2.05) is 42.6 Å². The van der Waals surface area contributed by atoms with Crippen molar-refractivity contribution in [3.8, 4) is 5.75 Å². The van der Waals surface area contributed by atoms with Crippen molar-refractivity contribution in [2.24, 2.45) is 5.10 Å². The minimum Gasteiger partial charge on any atom is -0.494 e. The van der Waals surface area contributed by atoms with E-state index in [-0.39, 0.29) is 5.91 Å². The van der Waals surface area contributed by atoms with Crippen LogP contribution in [0.3, 0.4) is 0 Å². The molecule has 1 amide bonds. The predicted molar refractivity (Wildman–Crippen MR) is 124 cm³/mol. The van der Waals surface area contributed by atoms with Gasteiger partial charge in [-0.2, -0.15) is 10.1 Å². The zero-order chi connectivity index (χ0) is 20.2. The fourth-order valence-electron chi connectivity index (χ4n) is 2.63. The molecular weight excluding hydrogens is 470 g/mol. The molecule has 0 fully saturated rings. The summed E-state index contributed by atoms with van der Waals surface area (Å²) in [5.41, 5.74) is 1.33. The zero-order valence-electron chi connectivity index (χ0n) is 15.4. The van der Waals surface area contributed by atoms with Crippen LogP contribution in [0.1, 0.15) is 22.2 Å². The molecule has 146 valence electrons. The molecule has 0 spiro atoms. The Balaban J connectivity index is 1.71. The number of hydrogen-bond acceptors (Lipinski definition) is 6. The van der Waals surface area contributed by atoms with Crippen LogP contribution in [0.15, 0.2) is 69.6 Å². The van der Waals surface area contributed by atoms with Gasteiger partial charge < -0.3 is 4.74 Å². The highest BCUT2D eigenvalue weighted by atomic mass is 79.9. The third kappa shape index (κ3) is 4.55. The number of nitrogens with zero attached hydrogens (tertiary/aromatic N) is 3. The van der Waals surface area contributed by atoms with Crippen LogP contribution in [-0.4, -0.2) is 23.7 Å². The van der Waals surface area contributed by atoms with E-state index in [1.54, 1.807) is 41.8 Å². The van der Waals surface area contributed by atoms with Crippen LogP contribution in [0, 0.1) is 0 Å². The molecule has 8 heteroatoms. The smallest absolute Gasteiger partial charge is 0.280 e. The Morgan fingerprint density at radius 3 is 2.79 bits per heavy atom. The first-order valence-electron chi connectivity index (χ1n) is 8.85. The summed E-state index contributed by atoms with van der Waals surface area (Å²) >= 11 is 6.45. The average Bonchev–Trinajstić information content (AvgIpc) is 3.38. The number of fused-ring (bicyclic) bond motifs is 1. The van der Waals surface area contributed by atoms with Crippen LogP contribution in [0.2, 0.25) is 0 Å². The molecule has 0 saturated carbocycles. The second-order valence-electron chi connectivity index (χ2n) is 5.94. The minimum absolute atomic E-state index is 0.251. The number of rotatable bonds is 6. The third-order valence-corrected chi connectivity index (χ3v) is 6.26. The van der Waals surface area contributed by atoms with Gasteiger partial charge in [-0.1, -0.05) is 33.3 Å². The lowest BCUT2D eigenvalue weighted by atomic mass is 10.2. The molecule has 0 N–H and O–H groups in total. The highest BCUT2D eigenvalue weighted by Gasteiger charge is 2.21. The molecule has 0 aliphatic rings.